The van der Waals surface area contributed by atoms with E-state index >= 15 is 0 Å². The van der Waals surface area contributed by atoms with Crippen LogP contribution in [0, 0.1) is 5.92 Å². The van der Waals surface area contributed by atoms with E-state index in [0.717, 1.165) is 14.3 Å². The Bertz CT molecular complexity index is 1380. The first kappa shape index (κ1) is 31.2. The number of carbonyl (C=O) groups is 2. The number of anilines is 1. The fourth-order valence-corrected chi connectivity index (χ4v) is 5.87. The van der Waals surface area contributed by atoms with Crippen LogP contribution < -0.4 is 14.4 Å². The molecule has 1 N–H and O–H groups in total. The maximum absolute atomic E-state index is 14.0. The summed E-state index contributed by atoms with van der Waals surface area (Å²) in [4.78, 5) is 28.5. The quantitative estimate of drug-likeness (QED) is 0.279. The van der Waals surface area contributed by atoms with Crippen LogP contribution in [0.4, 0.5) is 5.69 Å². The number of nitrogens with zero attached hydrogens (tertiary/aromatic N) is 2. The number of sulfonamides is 1. The van der Waals surface area contributed by atoms with Gasteiger partial charge in [-0.05, 0) is 73.9 Å². The minimum atomic E-state index is -4.12. The highest BCUT2D eigenvalue weighted by Gasteiger charge is 2.32. The monoisotopic (exact) mass is 629 g/mol. The summed E-state index contributed by atoms with van der Waals surface area (Å²) in [5.41, 5.74) is 1.10. The summed E-state index contributed by atoms with van der Waals surface area (Å²) in [7, 11) is -4.12. The highest BCUT2D eigenvalue weighted by Crippen LogP contribution is 2.27. The van der Waals surface area contributed by atoms with Gasteiger partial charge in [0.05, 0.1) is 17.2 Å². The molecule has 0 saturated heterocycles. The maximum atomic E-state index is 14.0. The topological polar surface area (TPSA) is 96.0 Å². The van der Waals surface area contributed by atoms with E-state index in [9.17, 15) is 18.0 Å². The zero-order valence-electron chi connectivity index (χ0n) is 23.2. The van der Waals surface area contributed by atoms with Crippen molar-refractivity contribution >= 4 is 43.5 Å². The van der Waals surface area contributed by atoms with E-state index in [1.54, 1.807) is 49.4 Å². The Balaban J connectivity index is 2.00. The third kappa shape index (κ3) is 8.32. The third-order valence-electron chi connectivity index (χ3n) is 6.14. The largest absolute Gasteiger partial charge is 0.494 e. The van der Waals surface area contributed by atoms with Crippen LogP contribution in [0.1, 0.15) is 33.3 Å². The van der Waals surface area contributed by atoms with E-state index in [2.05, 4.69) is 21.2 Å². The van der Waals surface area contributed by atoms with Crippen molar-refractivity contribution in [3.8, 4) is 5.75 Å². The van der Waals surface area contributed by atoms with Gasteiger partial charge in [-0.2, -0.15) is 0 Å². The van der Waals surface area contributed by atoms with Crippen molar-refractivity contribution in [1.82, 2.24) is 10.2 Å². The molecule has 214 valence electrons. The maximum Gasteiger partial charge on any atom is 0.264 e. The minimum absolute atomic E-state index is 0.0537. The second kappa shape index (κ2) is 14.3. The zero-order valence-corrected chi connectivity index (χ0v) is 25.6. The second-order valence-corrected chi connectivity index (χ2v) is 12.5. The van der Waals surface area contributed by atoms with Gasteiger partial charge >= 0.3 is 0 Å². The number of nitrogens with one attached hydrogen (secondary N) is 1. The number of ether oxygens (including phenoxy) is 1. The van der Waals surface area contributed by atoms with Crippen LogP contribution in [0.5, 0.6) is 5.75 Å². The molecule has 0 bridgehead atoms. The van der Waals surface area contributed by atoms with Crippen LogP contribution >= 0.6 is 15.9 Å². The fourth-order valence-electron chi connectivity index (χ4n) is 3.99. The summed E-state index contributed by atoms with van der Waals surface area (Å²) in [6.07, 6.45) is 0. The standard InChI is InChI=1S/C30H36BrN3O5S/c1-5-39-27-16-14-26(15-17-27)34(40(37,38)28-12-7-6-8-13-28)21-29(35)33(20-24-10-9-11-25(31)18-24)23(4)30(36)32-19-22(2)3/h6-18,22-23H,5,19-21H2,1-4H3,(H,32,36). The lowest BCUT2D eigenvalue weighted by Crippen LogP contribution is -2.51. The lowest BCUT2D eigenvalue weighted by atomic mass is 10.1. The average molecular weight is 631 g/mol. The molecular formula is C30H36BrN3O5S. The van der Waals surface area contributed by atoms with Crippen LogP contribution in [0.2, 0.25) is 0 Å². The van der Waals surface area contributed by atoms with Gasteiger partial charge in [0.1, 0.15) is 18.3 Å². The van der Waals surface area contributed by atoms with Crippen LogP contribution in [0.3, 0.4) is 0 Å². The molecule has 0 heterocycles. The summed E-state index contributed by atoms with van der Waals surface area (Å²) in [5, 5.41) is 2.89. The highest BCUT2D eigenvalue weighted by molar-refractivity contribution is 9.10. The summed E-state index contributed by atoms with van der Waals surface area (Å²) in [6.45, 7) is 8.03. The number of halogens is 1. The van der Waals surface area contributed by atoms with Gasteiger partial charge in [-0.1, -0.05) is 60.1 Å². The number of rotatable bonds is 13. The summed E-state index contributed by atoms with van der Waals surface area (Å²) < 4.78 is 35.1. The van der Waals surface area contributed by atoms with Gasteiger partial charge in [0.15, 0.2) is 0 Å². The van der Waals surface area contributed by atoms with Crippen molar-refractivity contribution in [1.29, 1.82) is 0 Å². The molecule has 1 atom stereocenters. The number of hydrogen-bond donors (Lipinski definition) is 1. The second-order valence-electron chi connectivity index (χ2n) is 9.72. The van der Waals surface area contributed by atoms with Gasteiger partial charge in [-0.15, -0.1) is 0 Å². The molecule has 3 aromatic carbocycles. The molecule has 0 aliphatic carbocycles. The Hall–Kier alpha value is -3.37. The van der Waals surface area contributed by atoms with Crippen molar-refractivity contribution in [2.45, 2.75) is 45.2 Å². The predicted octanol–water partition coefficient (Wildman–Crippen LogP) is 5.23. The number of benzene rings is 3. The molecule has 0 radical (unpaired) electrons. The molecule has 1 unspecified atom stereocenters. The number of hydrogen-bond acceptors (Lipinski definition) is 5. The molecule has 2 amide bonds. The van der Waals surface area contributed by atoms with E-state index in [0.29, 0.717) is 24.6 Å². The van der Waals surface area contributed by atoms with E-state index < -0.39 is 28.5 Å². The fraction of sp³-hybridized carbons (Fsp3) is 0.333. The minimum Gasteiger partial charge on any atom is -0.494 e. The van der Waals surface area contributed by atoms with Gasteiger partial charge in [0.25, 0.3) is 10.0 Å². The van der Waals surface area contributed by atoms with Gasteiger partial charge in [-0.3, -0.25) is 13.9 Å². The van der Waals surface area contributed by atoms with Crippen LogP contribution in [-0.4, -0.2) is 50.9 Å². The number of amides is 2. The van der Waals surface area contributed by atoms with E-state index in [1.165, 1.54) is 17.0 Å². The van der Waals surface area contributed by atoms with Crippen molar-refractivity contribution in [2.75, 3.05) is 24.0 Å². The van der Waals surface area contributed by atoms with Gasteiger partial charge in [-0.25, -0.2) is 8.42 Å². The summed E-state index contributed by atoms with van der Waals surface area (Å²) >= 11 is 3.46. The van der Waals surface area contributed by atoms with Gasteiger partial charge < -0.3 is 15.0 Å². The molecule has 8 nitrogen and oxygen atoms in total. The van der Waals surface area contributed by atoms with Crippen LogP contribution in [0.25, 0.3) is 0 Å². The van der Waals surface area contributed by atoms with Gasteiger partial charge in [0, 0.05) is 17.6 Å². The Morgan fingerprint density at radius 3 is 2.23 bits per heavy atom. The first-order valence-electron chi connectivity index (χ1n) is 13.1. The Morgan fingerprint density at radius 1 is 0.950 bits per heavy atom. The normalized spacial score (nSPS) is 12.1. The number of carbonyl (C=O) groups excluding carboxylic acids is 2. The Labute approximate surface area is 245 Å². The molecule has 40 heavy (non-hydrogen) atoms. The molecule has 0 saturated carbocycles. The molecule has 0 spiro atoms. The van der Waals surface area contributed by atoms with Crippen molar-refractivity contribution in [3.63, 3.8) is 0 Å². The predicted molar refractivity (Wildman–Crippen MR) is 161 cm³/mol. The molecule has 0 fully saturated rings. The summed E-state index contributed by atoms with van der Waals surface area (Å²) in [5.74, 6) is -0.00551. The van der Waals surface area contributed by atoms with Crippen molar-refractivity contribution < 1.29 is 22.7 Å². The lowest BCUT2D eigenvalue weighted by molar-refractivity contribution is -0.139. The van der Waals surface area contributed by atoms with E-state index in [-0.39, 0.29) is 23.3 Å². The first-order chi connectivity index (χ1) is 19.0. The third-order valence-corrected chi connectivity index (χ3v) is 8.42. The average Bonchev–Trinajstić information content (AvgIpc) is 2.94. The van der Waals surface area contributed by atoms with E-state index in [4.69, 9.17) is 4.74 Å². The smallest absolute Gasteiger partial charge is 0.264 e. The molecule has 10 heteroatoms. The van der Waals surface area contributed by atoms with Crippen LogP contribution in [-0.2, 0) is 26.2 Å². The SMILES string of the molecule is CCOc1ccc(N(CC(=O)N(Cc2cccc(Br)c2)C(C)C(=O)NCC(C)C)S(=O)(=O)c2ccccc2)cc1. The first-order valence-corrected chi connectivity index (χ1v) is 15.4. The Kier molecular flexibility index (Phi) is 11.2. The van der Waals surface area contributed by atoms with Crippen LogP contribution in [0.15, 0.2) is 88.2 Å². The summed E-state index contributed by atoms with van der Waals surface area (Å²) in [6, 6.07) is 21.1. The molecule has 0 aliphatic heterocycles. The molecule has 3 aromatic rings. The molecule has 0 aliphatic rings. The van der Waals surface area contributed by atoms with Crippen molar-refractivity contribution in [3.05, 3.63) is 88.9 Å². The zero-order chi connectivity index (χ0) is 29.3. The molecular weight excluding hydrogens is 594 g/mol. The van der Waals surface area contributed by atoms with Gasteiger partial charge in [0.2, 0.25) is 11.8 Å². The van der Waals surface area contributed by atoms with Crippen molar-refractivity contribution in [2.24, 2.45) is 5.92 Å². The molecule has 3 rings (SSSR count). The lowest BCUT2D eigenvalue weighted by Gasteiger charge is -2.32. The molecule has 0 aromatic heterocycles. The van der Waals surface area contributed by atoms with E-state index in [1.807, 2.05) is 45.0 Å². The highest BCUT2D eigenvalue weighted by atomic mass is 79.9. The Morgan fingerprint density at radius 2 is 1.62 bits per heavy atom.